The molecule has 106 valence electrons. The third-order valence-corrected chi connectivity index (χ3v) is 4.18. The molecule has 20 heavy (non-hydrogen) atoms. The SMILES string of the molecule is Cc1csc(-n2cnn(CCC3CC3)c2=O)c1.O=C=O. The molecule has 0 N–H and O–H groups in total. The molecule has 1 saturated carbocycles. The van der Waals surface area contributed by atoms with Crippen molar-refractivity contribution in [1.82, 2.24) is 14.3 Å². The molecule has 0 saturated heterocycles. The predicted octanol–water partition coefficient (Wildman–Crippen LogP) is 1.62. The van der Waals surface area contributed by atoms with E-state index in [9.17, 15) is 4.79 Å². The minimum Gasteiger partial charge on any atom is -0.246 e. The molecule has 2 aromatic heterocycles. The van der Waals surface area contributed by atoms with Gasteiger partial charge in [-0.15, -0.1) is 11.3 Å². The highest BCUT2D eigenvalue weighted by atomic mass is 32.1. The fraction of sp³-hybridized carbons (Fsp3) is 0.462. The minimum absolute atomic E-state index is 0.0208. The summed E-state index contributed by atoms with van der Waals surface area (Å²) in [5, 5.41) is 7.17. The maximum absolute atomic E-state index is 12.1. The molecular weight excluding hydrogens is 278 g/mol. The third-order valence-electron chi connectivity index (χ3n) is 3.13. The fourth-order valence-electron chi connectivity index (χ4n) is 1.90. The Morgan fingerprint density at radius 2 is 2.15 bits per heavy atom. The van der Waals surface area contributed by atoms with Crippen LogP contribution >= 0.6 is 11.3 Å². The molecule has 7 heteroatoms. The van der Waals surface area contributed by atoms with Crippen molar-refractivity contribution in [2.24, 2.45) is 5.92 Å². The van der Waals surface area contributed by atoms with Crippen LogP contribution in [0.2, 0.25) is 0 Å². The summed E-state index contributed by atoms with van der Waals surface area (Å²) in [5.74, 6) is 0.830. The molecule has 0 amide bonds. The van der Waals surface area contributed by atoms with Gasteiger partial charge < -0.3 is 0 Å². The van der Waals surface area contributed by atoms with Gasteiger partial charge in [-0.3, -0.25) is 0 Å². The maximum Gasteiger partial charge on any atom is 0.373 e. The number of aromatic nitrogens is 3. The number of hydrogen-bond donors (Lipinski definition) is 0. The molecule has 1 fully saturated rings. The molecular formula is C13H15N3O3S. The second kappa shape index (κ2) is 6.45. The van der Waals surface area contributed by atoms with E-state index in [0.717, 1.165) is 23.9 Å². The van der Waals surface area contributed by atoms with E-state index in [1.807, 2.05) is 18.4 Å². The molecule has 6 nitrogen and oxygen atoms in total. The predicted molar refractivity (Wildman–Crippen MR) is 72.8 cm³/mol. The zero-order chi connectivity index (χ0) is 14.5. The van der Waals surface area contributed by atoms with Crippen LogP contribution in [0, 0.1) is 12.8 Å². The number of nitrogens with zero attached hydrogens (tertiary/aromatic N) is 3. The molecule has 1 aliphatic rings. The maximum atomic E-state index is 12.1. The Hall–Kier alpha value is -1.98. The second-order valence-corrected chi connectivity index (χ2v) is 5.67. The van der Waals surface area contributed by atoms with E-state index in [1.165, 1.54) is 18.4 Å². The average molecular weight is 293 g/mol. The van der Waals surface area contributed by atoms with Crippen LogP contribution in [0.25, 0.3) is 5.00 Å². The van der Waals surface area contributed by atoms with E-state index in [2.05, 4.69) is 5.10 Å². The molecule has 2 aromatic rings. The van der Waals surface area contributed by atoms with Crippen molar-refractivity contribution in [1.29, 1.82) is 0 Å². The number of rotatable bonds is 4. The van der Waals surface area contributed by atoms with Crippen LogP contribution in [0.15, 0.2) is 22.6 Å². The molecule has 0 spiro atoms. The van der Waals surface area contributed by atoms with Crippen LogP contribution in [0.1, 0.15) is 24.8 Å². The van der Waals surface area contributed by atoms with Crippen LogP contribution in [0.4, 0.5) is 0 Å². The van der Waals surface area contributed by atoms with Crippen molar-refractivity contribution in [3.05, 3.63) is 33.8 Å². The smallest absolute Gasteiger partial charge is 0.246 e. The van der Waals surface area contributed by atoms with Crippen molar-refractivity contribution in [3.8, 4) is 5.00 Å². The molecule has 0 unspecified atom stereocenters. The summed E-state index contributed by atoms with van der Waals surface area (Å²) in [6, 6.07) is 2.01. The first-order valence-corrected chi connectivity index (χ1v) is 7.23. The Bertz CT molecular complexity index is 660. The summed E-state index contributed by atoms with van der Waals surface area (Å²) in [7, 11) is 0. The van der Waals surface area contributed by atoms with Gasteiger partial charge in [0, 0.05) is 6.54 Å². The zero-order valence-electron chi connectivity index (χ0n) is 11.1. The van der Waals surface area contributed by atoms with Gasteiger partial charge in [-0.25, -0.2) is 14.0 Å². The lowest BCUT2D eigenvalue weighted by Crippen LogP contribution is -2.23. The normalized spacial score (nSPS) is 13.4. The standard InChI is InChI=1S/C12H15N3OS.CO2/c1-9-6-11(17-7-9)14-8-13-15(12(14)16)5-4-10-2-3-10;2-1-3/h6-8,10H,2-5H2,1H3;. The van der Waals surface area contributed by atoms with Gasteiger partial charge in [0.05, 0.1) is 0 Å². The van der Waals surface area contributed by atoms with Crippen LogP contribution in [0.5, 0.6) is 0 Å². The lowest BCUT2D eigenvalue weighted by Gasteiger charge is -1.97. The van der Waals surface area contributed by atoms with E-state index in [4.69, 9.17) is 9.59 Å². The molecule has 0 atom stereocenters. The Morgan fingerprint density at radius 1 is 1.45 bits per heavy atom. The molecule has 0 aliphatic heterocycles. The van der Waals surface area contributed by atoms with Gasteiger partial charge in [0.25, 0.3) is 0 Å². The molecule has 0 aromatic carbocycles. The summed E-state index contributed by atoms with van der Waals surface area (Å²) in [4.78, 5) is 28.3. The largest absolute Gasteiger partial charge is 0.373 e. The molecule has 2 heterocycles. The van der Waals surface area contributed by atoms with Gasteiger partial charge in [-0.1, -0.05) is 12.8 Å². The summed E-state index contributed by atoms with van der Waals surface area (Å²) >= 11 is 1.58. The van der Waals surface area contributed by atoms with Crippen LogP contribution in [-0.4, -0.2) is 20.5 Å². The lowest BCUT2D eigenvalue weighted by atomic mass is 10.3. The Morgan fingerprint density at radius 3 is 2.70 bits per heavy atom. The first kappa shape index (κ1) is 14.4. The number of hydrogen-bond acceptors (Lipinski definition) is 5. The van der Waals surface area contributed by atoms with Crippen molar-refractivity contribution in [2.75, 3.05) is 0 Å². The summed E-state index contributed by atoms with van der Waals surface area (Å²) < 4.78 is 3.21. The highest BCUT2D eigenvalue weighted by molar-refractivity contribution is 7.12. The van der Waals surface area contributed by atoms with E-state index in [1.54, 1.807) is 26.9 Å². The van der Waals surface area contributed by atoms with Gasteiger partial charge in [0.1, 0.15) is 11.3 Å². The number of carbonyl (C=O) groups excluding carboxylic acids is 2. The van der Waals surface area contributed by atoms with E-state index in [-0.39, 0.29) is 11.8 Å². The van der Waals surface area contributed by atoms with Crippen LogP contribution in [-0.2, 0) is 16.1 Å². The highest BCUT2D eigenvalue weighted by Crippen LogP contribution is 2.32. The number of aryl methyl sites for hydroxylation is 2. The first-order valence-electron chi connectivity index (χ1n) is 6.35. The third kappa shape index (κ3) is 3.53. The summed E-state index contributed by atoms with van der Waals surface area (Å²) in [5.41, 5.74) is 1.16. The van der Waals surface area contributed by atoms with Crippen molar-refractivity contribution < 1.29 is 9.59 Å². The van der Waals surface area contributed by atoms with Crippen LogP contribution in [0.3, 0.4) is 0 Å². The molecule has 0 bridgehead atoms. The van der Waals surface area contributed by atoms with Gasteiger partial charge in [0.15, 0.2) is 0 Å². The summed E-state index contributed by atoms with van der Waals surface area (Å²) in [6.07, 6.45) is 5.60. The molecule has 1 aliphatic carbocycles. The Labute approximate surface area is 119 Å². The van der Waals surface area contributed by atoms with Crippen LogP contribution < -0.4 is 5.69 Å². The zero-order valence-corrected chi connectivity index (χ0v) is 11.9. The lowest BCUT2D eigenvalue weighted by molar-refractivity contribution is -0.191. The van der Waals surface area contributed by atoms with E-state index in [0.29, 0.717) is 0 Å². The average Bonchev–Trinajstić information content (AvgIpc) is 3.04. The Balaban J connectivity index is 0.000000452. The quantitative estimate of drug-likeness (QED) is 0.858. The monoisotopic (exact) mass is 293 g/mol. The van der Waals surface area contributed by atoms with Crippen molar-refractivity contribution >= 4 is 17.5 Å². The molecule has 3 rings (SSSR count). The summed E-state index contributed by atoms with van der Waals surface area (Å²) in [6.45, 7) is 2.78. The van der Waals surface area contributed by atoms with E-state index < -0.39 is 0 Å². The minimum atomic E-state index is -0.0208. The van der Waals surface area contributed by atoms with Crippen molar-refractivity contribution in [3.63, 3.8) is 0 Å². The van der Waals surface area contributed by atoms with Crippen molar-refractivity contribution in [2.45, 2.75) is 32.7 Å². The fourth-order valence-corrected chi connectivity index (χ4v) is 2.76. The molecule has 0 radical (unpaired) electrons. The first-order chi connectivity index (χ1) is 9.65. The topological polar surface area (TPSA) is 74.0 Å². The highest BCUT2D eigenvalue weighted by Gasteiger charge is 2.21. The Kier molecular flexibility index (Phi) is 4.65. The van der Waals surface area contributed by atoms with E-state index >= 15 is 0 Å². The second-order valence-electron chi connectivity index (χ2n) is 4.78. The van der Waals surface area contributed by atoms with Gasteiger partial charge in [0.2, 0.25) is 0 Å². The van der Waals surface area contributed by atoms with Gasteiger partial charge in [-0.05, 0) is 36.3 Å². The van der Waals surface area contributed by atoms with Gasteiger partial charge >= 0.3 is 11.8 Å². The van der Waals surface area contributed by atoms with Gasteiger partial charge in [-0.2, -0.15) is 14.7 Å². The number of thiophene rings is 1.